The highest BCUT2D eigenvalue weighted by molar-refractivity contribution is 7.33. The second kappa shape index (κ2) is 13.4. The van der Waals surface area contributed by atoms with Crippen LogP contribution in [0.25, 0.3) is 11.2 Å². The van der Waals surface area contributed by atoms with Gasteiger partial charge in [0.15, 0.2) is 17.0 Å². The summed E-state index contributed by atoms with van der Waals surface area (Å²) in [5.41, 5.74) is 11.9. The van der Waals surface area contributed by atoms with Crippen molar-refractivity contribution in [2.75, 3.05) is 26.0 Å². The molecule has 0 saturated carbocycles. The predicted octanol–water partition coefficient (Wildman–Crippen LogP) is 0.117. The van der Waals surface area contributed by atoms with Gasteiger partial charge in [0, 0.05) is 19.7 Å². The van der Waals surface area contributed by atoms with Crippen molar-refractivity contribution in [1.82, 2.24) is 29.1 Å². The van der Waals surface area contributed by atoms with Gasteiger partial charge in [-0.05, 0) is 12.8 Å². The van der Waals surface area contributed by atoms with E-state index in [1.165, 1.54) is 19.0 Å². The van der Waals surface area contributed by atoms with Gasteiger partial charge in [-0.3, -0.25) is 28.5 Å². The van der Waals surface area contributed by atoms with E-state index in [1.54, 1.807) is 22.4 Å². The summed E-state index contributed by atoms with van der Waals surface area (Å²) in [4.78, 5) is 43.7. The largest absolute Gasteiger partial charge is 0.382 e. The number of nitrogens with one attached hydrogen (secondary N) is 1. The van der Waals surface area contributed by atoms with Crippen molar-refractivity contribution in [1.29, 1.82) is 0 Å². The van der Waals surface area contributed by atoms with Gasteiger partial charge in [0.2, 0.25) is 5.95 Å². The number of hydrogen-bond donors (Lipinski definition) is 4. The van der Waals surface area contributed by atoms with Crippen LogP contribution in [0.3, 0.4) is 0 Å². The summed E-state index contributed by atoms with van der Waals surface area (Å²) in [6.07, 6.45) is 4.10. The third-order valence-corrected chi connectivity index (χ3v) is 7.85. The second-order valence-corrected chi connectivity index (χ2v) is 11.2. The maximum atomic E-state index is 12.8. The lowest BCUT2D eigenvalue weighted by Crippen LogP contribution is -2.27. The van der Waals surface area contributed by atoms with E-state index in [4.69, 9.17) is 39.4 Å². The predicted molar refractivity (Wildman–Crippen MR) is 149 cm³/mol. The number of aliphatic imine (C=N–C) groups is 2. The number of imidazole rings is 2. The first-order chi connectivity index (χ1) is 20.2. The minimum absolute atomic E-state index is 0.0237. The number of nitrogens with two attached hydrogens (primary N) is 2. The van der Waals surface area contributed by atoms with Crippen LogP contribution in [-0.4, -0.2) is 84.7 Å². The first-order valence-corrected chi connectivity index (χ1v) is 15.2. The maximum absolute atomic E-state index is 12.8. The fraction of sp³-hybridized carbons (Fsp3) is 0.524. The summed E-state index contributed by atoms with van der Waals surface area (Å²) >= 11 is 0. The molecular weight excluding hydrogens is 598 g/mol. The second-order valence-electron chi connectivity index (χ2n) is 9.32. The molecule has 5 heterocycles. The van der Waals surface area contributed by atoms with Gasteiger partial charge in [-0.1, -0.05) is 0 Å². The van der Waals surface area contributed by atoms with E-state index in [0.29, 0.717) is 24.2 Å². The Morgan fingerprint density at radius 1 is 1.24 bits per heavy atom. The van der Waals surface area contributed by atoms with Gasteiger partial charge in [-0.2, -0.15) is 4.98 Å². The lowest BCUT2D eigenvalue weighted by atomic mass is 10.2. The molecular formula is C21H30N10O9P2. The van der Waals surface area contributed by atoms with Gasteiger partial charge in [-0.15, -0.1) is 0 Å². The molecule has 0 aromatic carbocycles. The minimum Gasteiger partial charge on any atom is -0.382 e. The molecule has 42 heavy (non-hydrogen) atoms. The molecule has 0 radical (unpaired) electrons. The van der Waals surface area contributed by atoms with E-state index in [9.17, 15) is 13.9 Å². The van der Waals surface area contributed by atoms with Crippen molar-refractivity contribution in [3.8, 4) is 0 Å². The molecule has 2 aliphatic heterocycles. The Bertz CT molecular complexity index is 1570. The fourth-order valence-corrected chi connectivity index (χ4v) is 5.80. The fourth-order valence-electron chi connectivity index (χ4n) is 4.61. The summed E-state index contributed by atoms with van der Waals surface area (Å²) in [6, 6.07) is 0. The Hall–Kier alpha value is -3.28. The molecule has 0 amide bonds. The van der Waals surface area contributed by atoms with Crippen molar-refractivity contribution in [2.45, 2.75) is 50.0 Å². The quantitative estimate of drug-likeness (QED) is 0.118. The lowest BCUT2D eigenvalue weighted by Gasteiger charge is -2.19. The van der Waals surface area contributed by atoms with Crippen molar-refractivity contribution in [3.63, 3.8) is 0 Å². The summed E-state index contributed by atoms with van der Waals surface area (Å²) in [5, 5.41) is 0. The monoisotopic (exact) mass is 628 g/mol. The van der Waals surface area contributed by atoms with E-state index in [2.05, 4.69) is 29.9 Å². The normalized spacial score (nSPS) is 26.4. The van der Waals surface area contributed by atoms with Crippen LogP contribution in [0.4, 0.5) is 5.95 Å². The molecule has 19 nitrogen and oxygen atoms in total. The molecule has 2 fully saturated rings. The van der Waals surface area contributed by atoms with Gasteiger partial charge in [0.25, 0.3) is 5.56 Å². The third-order valence-electron chi connectivity index (χ3n) is 6.54. The standard InChI is InChI=1S/C21H30N10O9P2/c1-24-8-25-18(22)12-5-30(9-26-12)16-4-13(14(39-16)7-36-41(33)34)40-42(35)37-6-11-2-3-15(38-11)31-10-27-17-19(31)28-21(23)29-20(17)32/h5,8-11,13-16,41-42H,2-4,6-7H2,1H3,(H,33,34)(H2,22,24,25)(H3,23,28,29,32)/t11-,13-,14+,15+,16+/m0/s1. The first kappa shape index (κ1) is 30.2. The Labute approximate surface area is 238 Å². The van der Waals surface area contributed by atoms with Crippen LogP contribution in [0.1, 0.15) is 37.4 Å². The highest BCUT2D eigenvalue weighted by Crippen LogP contribution is 2.39. The maximum Gasteiger partial charge on any atom is 0.319 e. The molecule has 0 aliphatic carbocycles. The number of ether oxygens (including phenoxy) is 2. The van der Waals surface area contributed by atoms with Crippen molar-refractivity contribution < 1.29 is 37.1 Å². The number of fused-ring (bicyclic) bond motifs is 1. The third kappa shape index (κ3) is 7.02. The molecule has 0 spiro atoms. The molecule has 6 N–H and O–H groups in total. The number of nitrogens with zero attached hydrogens (tertiary/aromatic N) is 7. The number of amidine groups is 1. The highest BCUT2D eigenvalue weighted by Gasteiger charge is 2.39. The average Bonchev–Trinajstić information content (AvgIpc) is 3.75. The molecule has 7 atom stereocenters. The van der Waals surface area contributed by atoms with Crippen LogP contribution in [0.5, 0.6) is 0 Å². The van der Waals surface area contributed by atoms with Crippen LogP contribution in [0.2, 0.25) is 0 Å². The van der Waals surface area contributed by atoms with Gasteiger partial charge < -0.3 is 44.0 Å². The molecule has 2 saturated heterocycles. The Morgan fingerprint density at radius 2 is 2.07 bits per heavy atom. The van der Waals surface area contributed by atoms with Crippen molar-refractivity contribution in [2.24, 2.45) is 15.7 Å². The van der Waals surface area contributed by atoms with Crippen LogP contribution >= 0.6 is 16.5 Å². The van der Waals surface area contributed by atoms with Crippen LogP contribution < -0.4 is 17.0 Å². The number of aromatic amines is 1. The molecule has 2 unspecified atom stereocenters. The highest BCUT2D eigenvalue weighted by atomic mass is 31.1. The van der Waals surface area contributed by atoms with Gasteiger partial charge in [-0.25, -0.2) is 15.0 Å². The van der Waals surface area contributed by atoms with E-state index < -0.39 is 52.8 Å². The van der Waals surface area contributed by atoms with Crippen LogP contribution in [-0.2, 0) is 32.2 Å². The van der Waals surface area contributed by atoms with Crippen molar-refractivity contribution >= 4 is 45.8 Å². The van der Waals surface area contributed by atoms with E-state index in [-0.39, 0.29) is 36.9 Å². The summed E-state index contributed by atoms with van der Waals surface area (Å²) in [7, 11) is -4.72. The zero-order valence-electron chi connectivity index (χ0n) is 22.2. The molecule has 3 aromatic heterocycles. The number of aromatic nitrogens is 6. The smallest absolute Gasteiger partial charge is 0.319 e. The number of anilines is 1. The Balaban J connectivity index is 1.17. The number of nitrogen functional groups attached to an aromatic ring is 1. The SMILES string of the molecule is C/N=C\N=C(\N)c1cn([C@H]2C[C@H](O[PH](=O)OC[C@@H]3CC[C@H](n4cnc5c(=O)[nH]c(N)nc54)O3)[C@@H](CO[PH](=O)O)O2)cn1. The molecule has 21 heteroatoms. The van der Waals surface area contributed by atoms with E-state index in [0.717, 1.165) is 0 Å². The summed E-state index contributed by atoms with van der Waals surface area (Å²) in [6.45, 7) is -0.291. The zero-order chi connectivity index (χ0) is 29.8. The average molecular weight is 628 g/mol. The summed E-state index contributed by atoms with van der Waals surface area (Å²) < 4.78 is 55.2. The number of hydrogen-bond acceptors (Lipinski definition) is 13. The summed E-state index contributed by atoms with van der Waals surface area (Å²) in [5.74, 6) is 0.110. The van der Waals surface area contributed by atoms with E-state index in [1.807, 2.05) is 0 Å². The van der Waals surface area contributed by atoms with Gasteiger partial charge in [0.1, 0.15) is 30.6 Å². The number of H-pyrrole nitrogens is 1. The Kier molecular flexibility index (Phi) is 9.60. The van der Waals surface area contributed by atoms with Gasteiger partial charge >= 0.3 is 16.5 Å². The van der Waals surface area contributed by atoms with Crippen molar-refractivity contribution in [3.05, 3.63) is 34.9 Å². The lowest BCUT2D eigenvalue weighted by molar-refractivity contribution is -0.0392. The molecule has 3 aromatic rings. The topological polar surface area (TPSA) is 259 Å². The minimum atomic E-state index is -3.24. The van der Waals surface area contributed by atoms with Crippen LogP contribution in [0, 0.1) is 0 Å². The molecule has 228 valence electrons. The molecule has 5 rings (SSSR count). The molecule has 0 bridgehead atoms. The molecule has 2 aliphatic rings. The zero-order valence-corrected chi connectivity index (χ0v) is 24.2. The van der Waals surface area contributed by atoms with Gasteiger partial charge in [0.05, 0.1) is 38.1 Å². The first-order valence-electron chi connectivity index (χ1n) is 12.7. The van der Waals surface area contributed by atoms with E-state index >= 15 is 0 Å². The van der Waals surface area contributed by atoms with Crippen LogP contribution in [0.15, 0.2) is 33.6 Å². The Morgan fingerprint density at radius 3 is 2.86 bits per heavy atom. The number of rotatable bonds is 12.